The lowest BCUT2D eigenvalue weighted by Crippen LogP contribution is -2.57. The molecule has 3 amide bonds. The maximum atomic E-state index is 13.1. The van der Waals surface area contributed by atoms with E-state index in [0.29, 0.717) is 25.9 Å². The van der Waals surface area contributed by atoms with Gasteiger partial charge in [0.2, 0.25) is 17.7 Å². The zero-order valence-corrected chi connectivity index (χ0v) is 14.9. The number of carbonyl (C=O) groups excluding carboxylic acids is 3. The Morgan fingerprint density at radius 3 is 2.22 bits per heavy atom. The summed E-state index contributed by atoms with van der Waals surface area (Å²) in [6.07, 6.45) is 0.0595. The van der Waals surface area contributed by atoms with E-state index in [1.807, 2.05) is 6.07 Å². The third kappa shape index (κ3) is 4.62. The van der Waals surface area contributed by atoms with Gasteiger partial charge >= 0.3 is 5.97 Å². The van der Waals surface area contributed by atoms with Gasteiger partial charge in [-0.2, -0.15) is 0 Å². The fourth-order valence-corrected chi connectivity index (χ4v) is 3.36. The van der Waals surface area contributed by atoms with Crippen molar-refractivity contribution in [1.82, 2.24) is 10.2 Å². The Labute approximate surface area is 156 Å². The van der Waals surface area contributed by atoms with Crippen LogP contribution >= 0.6 is 0 Å². The molecule has 1 aromatic carbocycles. The summed E-state index contributed by atoms with van der Waals surface area (Å²) < 4.78 is 0. The first-order valence-electron chi connectivity index (χ1n) is 8.65. The molecule has 1 fully saturated rings. The second kappa shape index (κ2) is 8.63. The molecule has 0 radical (unpaired) electrons. The number of rotatable bonds is 7. The highest BCUT2D eigenvalue weighted by atomic mass is 16.4. The van der Waals surface area contributed by atoms with E-state index in [0.717, 1.165) is 5.56 Å². The molecule has 1 saturated heterocycles. The number of aliphatic carboxylic acids is 1. The average molecular weight is 376 g/mol. The molecule has 1 aliphatic rings. The van der Waals surface area contributed by atoms with E-state index in [1.54, 1.807) is 29.2 Å². The molecule has 0 aliphatic carbocycles. The largest absolute Gasteiger partial charge is 0.481 e. The molecule has 0 spiro atoms. The fraction of sp³-hybridized carbons (Fsp3) is 0.444. The van der Waals surface area contributed by atoms with Crippen LogP contribution in [0.15, 0.2) is 30.3 Å². The molecular weight excluding hydrogens is 352 g/mol. The zero-order valence-electron chi connectivity index (χ0n) is 14.9. The van der Waals surface area contributed by atoms with Gasteiger partial charge in [0, 0.05) is 13.1 Å². The van der Waals surface area contributed by atoms with E-state index in [2.05, 4.69) is 5.32 Å². The number of nitrogens with one attached hydrogen (secondary N) is 1. The summed E-state index contributed by atoms with van der Waals surface area (Å²) in [6.45, 7) is 0.559. The van der Waals surface area contributed by atoms with Crippen LogP contribution in [0, 0.1) is 0 Å². The van der Waals surface area contributed by atoms with E-state index >= 15 is 0 Å². The number of piperidine rings is 1. The normalized spacial score (nSPS) is 17.0. The third-order valence-electron chi connectivity index (χ3n) is 4.93. The quantitative estimate of drug-likeness (QED) is 0.476. The minimum absolute atomic E-state index is 0.104. The molecule has 0 saturated carbocycles. The van der Waals surface area contributed by atoms with E-state index in [1.165, 1.54) is 0 Å². The lowest BCUT2D eigenvalue weighted by Gasteiger charge is -2.41. The monoisotopic (exact) mass is 376 g/mol. The summed E-state index contributed by atoms with van der Waals surface area (Å²) in [5.41, 5.74) is 10.4. The van der Waals surface area contributed by atoms with Crippen molar-refractivity contribution in [3.8, 4) is 0 Å². The van der Waals surface area contributed by atoms with Crippen LogP contribution in [0.3, 0.4) is 0 Å². The molecule has 9 nitrogen and oxygen atoms in total. The molecule has 1 aromatic rings. The Morgan fingerprint density at radius 1 is 1.15 bits per heavy atom. The number of nitrogens with two attached hydrogens (primary N) is 2. The first-order valence-corrected chi connectivity index (χ1v) is 8.65. The van der Waals surface area contributed by atoms with Crippen molar-refractivity contribution < 1.29 is 24.3 Å². The Hall–Kier alpha value is -2.94. The van der Waals surface area contributed by atoms with Crippen molar-refractivity contribution in [2.45, 2.75) is 30.7 Å². The molecule has 146 valence electrons. The summed E-state index contributed by atoms with van der Waals surface area (Å²) in [5, 5.41) is 11.4. The maximum Gasteiger partial charge on any atom is 0.305 e. The number of benzene rings is 1. The highest BCUT2D eigenvalue weighted by Crippen LogP contribution is 2.36. The minimum atomic E-state index is -1.31. The number of hydrogen-bond donors (Lipinski definition) is 4. The maximum absolute atomic E-state index is 13.1. The van der Waals surface area contributed by atoms with Crippen LogP contribution in [0.1, 0.15) is 24.8 Å². The summed E-state index contributed by atoms with van der Waals surface area (Å²) in [7, 11) is 0. The smallest absolute Gasteiger partial charge is 0.305 e. The van der Waals surface area contributed by atoms with Crippen LogP contribution in [-0.4, -0.2) is 59.4 Å². The van der Waals surface area contributed by atoms with E-state index in [4.69, 9.17) is 16.6 Å². The van der Waals surface area contributed by atoms with Crippen molar-refractivity contribution >= 4 is 23.7 Å². The molecule has 0 unspecified atom stereocenters. The number of carboxylic acids is 1. The second-order valence-electron chi connectivity index (χ2n) is 6.56. The molecule has 0 aromatic heterocycles. The summed E-state index contributed by atoms with van der Waals surface area (Å²) >= 11 is 0. The van der Waals surface area contributed by atoms with Gasteiger partial charge in [-0.15, -0.1) is 0 Å². The Morgan fingerprint density at radius 2 is 1.74 bits per heavy atom. The Kier molecular flexibility index (Phi) is 6.51. The zero-order chi connectivity index (χ0) is 20.0. The summed E-state index contributed by atoms with van der Waals surface area (Å²) in [4.78, 5) is 49.1. The van der Waals surface area contributed by atoms with Crippen molar-refractivity contribution in [3.05, 3.63) is 35.9 Å². The van der Waals surface area contributed by atoms with Gasteiger partial charge in [0.15, 0.2) is 0 Å². The standard InChI is InChI=1S/C18H24N4O5/c19-11-14(23)22-8-6-18(7-9-22,12-4-2-1-3-5-12)17(27)21-13(16(20)26)10-15(24)25/h1-5,13H,6-11,19H2,(H2,20,26)(H,21,27)(H,24,25)/t13-/m0/s1. The van der Waals surface area contributed by atoms with Gasteiger partial charge in [-0.25, -0.2) is 0 Å². The molecule has 2 rings (SSSR count). The predicted octanol–water partition coefficient (Wildman–Crippen LogP) is -1.05. The number of carboxylic acid groups (broad SMARTS) is 1. The summed E-state index contributed by atoms with van der Waals surface area (Å²) in [6, 6.07) is 7.71. The van der Waals surface area contributed by atoms with Gasteiger partial charge in [-0.1, -0.05) is 30.3 Å². The number of hydrogen-bond acceptors (Lipinski definition) is 5. The van der Waals surface area contributed by atoms with Gasteiger partial charge in [-0.3, -0.25) is 19.2 Å². The van der Waals surface area contributed by atoms with E-state index < -0.39 is 35.7 Å². The molecule has 27 heavy (non-hydrogen) atoms. The van der Waals surface area contributed by atoms with Crippen molar-refractivity contribution in [3.63, 3.8) is 0 Å². The molecule has 6 N–H and O–H groups in total. The van der Waals surface area contributed by atoms with Gasteiger partial charge < -0.3 is 26.8 Å². The molecule has 9 heteroatoms. The van der Waals surface area contributed by atoms with Gasteiger partial charge in [0.25, 0.3) is 0 Å². The molecule has 0 bridgehead atoms. The average Bonchev–Trinajstić information content (AvgIpc) is 2.67. The topological polar surface area (TPSA) is 156 Å². The fourth-order valence-electron chi connectivity index (χ4n) is 3.36. The van der Waals surface area contributed by atoms with Gasteiger partial charge in [-0.05, 0) is 18.4 Å². The number of carbonyl (C=O) groups is 4. The first kappa shape index (κ1) is 20.4. The highest BCUT2D eigenvalue weighted by Gasteiger charge is 2.44. The lowest BCUT2D eigenvalue weighted by molar-refractivity contribution is -0.141. The number of nitrogens with zero attached hydrogens (tertiary/aromatic N) is 1. The van der Waals surface area contributed by atoms with Crippen molar-refractivity contribution in [1.29, 1.82) is 0 Å². The van der Waals surface area contributed by atoms with E-state index in [9.17, 15) is 19.2 Å². The molecule has 1 atom stereocenters. The third-order valence-corrected chi connectivity index (χ3v) is 4.93. The SMILES string of the molecule is NCC(=O)N1CCC(C(=O)N[C@@H](CC(=O)O)C(N)=O)(c2ccccc2)CC1. The van der Waals surface area contributed by atoms with Crippen LogP contribution in [0.2, 0.25) is 0 Å². The van der Waals surface area contributed by atoms with E-state index in [-0.39, 0.29) is 12.5 Å². The Balaban J connectivity index is 2.28. The van der Waals surface area contributed by atoms with Crippen LogP contribution < -0.4 is 16.8 Å². The highest BCUT2D eigenvalue weighted by molar-refractivity contribution is 5.94. The number of likely N-dealkylation sites (tertiary alicyclic amines) is 1. The van der Waals surface area contributed by atoms with Crippen LogP contribution in [0.25, 0.3) is 0 Å². The summed E-state index contributed by atoms with van der Waals surface area (Å²) in [5.74, 6) is -2.82. The van der Waals surface area contributed by atoms with Crippen molar-refractivity contribution in [2.75, 3.05) is 19.6 Å². The second-order valence-corrected chi connectivity index (χ2v) is 6.56. The Bertz CT molecular complexity index is 714. The number of amides is 3. The number of primary amides is 1. The molecular formula is C18H24N4O5. The minimum Gasteiger partial charge on any atom is -0.481 e. The van der Waals surface area contributed by atoms with Crippen molar-refractivity contribution in [2.24, 2.45) is 11.5 Å². The van der Waals surface area contributed by atoms with Crippen LogP contribution in [0.5, 0.6) is 0 Å². The lowest BCUT2D eigenvalue weighted by atomic mass is 9.71. The predicted molar refractivity (Wildman–Crippen MR) is 96.4 cm³/mol. The van der Waals surface area contributed by atoms with Crippen LogP contribution in [-0.2, 0) is 24.6 Å². The van der Waals surface area contributed by atoms with Gasteiger partial charge in [0.1, 0.15) is 6.04 Å². The van der Waals surface area contributed by atoms with Gasteiger partial charge in [0.05, 0.1) is 18.4 Å². The molecule has 1 aliphatic heterocycles. The first-order chi connectivity index (χ1) is 12.8. The molecule has 1 heterocycles. The van der Waals surface area contributed by atoms with Crippen LogP contribution in [0.4, 0.5) is 0 Å².